The maximum absolute atomic E-state index is 12.5. The molecule has 1 aliphatic rings. The van der Waals surface area contributed by atoms with Crippen LogP contribution in [0, 0.1) is 0 Å². The molecule has 0 aliphatic carbocycles. The molecule has 11 nitrogen and oxygen atoms in total. The van der Waals surface area contributed by atoms with Crippen LogP contribution in [-0.4, -0.2) is 100 Å². The summed E-state index contributed by atoms with van der Waals surface area (Å²) in [6.07, 6.45) is 4.10. The number of rotatable bonds is 21. The number of hydrogen-bond donors (Lipinski definition) is 5. The Hall–Kier alpha value is -1.34. The van der Waals surface area contributed by atoms with E-state index >= 15 is 0 Å². The smallest absolute Gasteiger partial charge is 0.306 e. The Kier molecular flexibility index (Phi) is 18.8. The van der Waals surface area contributed by atoms with Crippen LogP contribution in [0.25, 0.3) is 0 Å². The molecule has 1 fully saturated rings. The molecule has 0 amide bonds. The van der Waals surface area contributed by atoms with E-state index in [-0.39, 0.29) is 6.42 Å². The van der Waals surface area contributed by atoms with E-state index in [1.54, 1.807) is 0 Å². The minimum Gasteiger partial charge on any atom is -0.455 e. The van der Waals surface area contributed by atoms with Crippen molar-refractivity contribution in [3.05, 3.63) is 0 Å². The van der Waals surface area contributed by atoms with Gasteiger partial charge in [0, 0.05) is 13.3 Å². The van der Waals surface area contributed by atoms with Gasteiger partial charge in [-0.05, 0) is 6.42 Å². The molecule has 0 bridgehead atoms. The number of hydrogen-bond acceptors (Lipinski definition) is 11. The Labute approximate surface area is 226 Å². The van der Waals surface area contributed by atoms with Crippen molar-refractivity contribution in [2.75, 3.05) is 19.8 Å². The highest BCUT2D eigenvalue weighted by Crippen LogP contribution is 2.28. The van der Waals surface area contributed by atoms with Gasteiger partial charge in [-0.15, -0.1) is 0 Å². The summed E-state index contributed by atoms with van der Waals surface area (Å²) in [5.74, 6) is -1.34. The second-order valence-corrected chi connectivity index (χ2v) is 10.0. The molecular formula is C27H50O11. The van der Waals surface area contributed by atoms with Crippen LogP contribution in [0.1, 0.15) is 97.3 Å². The van der Waals surface area contributed by atoms with Crippen molar-refractivity contribution in [2.45, 2.75) is 140 Å². The van der Waals surface area contributed by atoms with Crippen LogP contribution in [0.15, 0.2) is 0 Å². The molecule has 1 rings (SSSR count). The fourth-order valence-corrected chi connectivity index (χ4v) is 4.37. The number of aliphatic hydroxyl groups excluding tert-OH is 5. The van der Waals surface area contributed by atoms with Crippen LogP contribution in [0.3, 0.4) is 0 Å². The van der Waals surface area contributed by atoms with Gasteiger partial charge in [0.05, 0.1) is 19.8 Å². The summed E-state index contributed by atoms with van der Waals surface area (Å²) in [4.78, 5) is 24.3. The number of aliphatic hydroxyl groups is 5. The lowest BCUT2D eigenvalue weighted by atomic mass is 9.98. The fourth-order valence-electron chi connectivity index (χ4n) is 4.37. The molecule has 0 unspecified atom stereocenters. The average Bonchev–Trinajstić information content (AvgIpc) is 2.89. The Morgan fingerprint density at radius 2 is 1.37 bits per heavy atom. The third kappa shape index (κ3) is 13.6. The number of unbranched alkanes of at least 4 members (excludes halogenated alkanes) is 11. The predicted molar refractivity (Wildman–Crippen MR) is 138 cm³/mol. The van der Waals surface area contributed by atoms with Crippen LogP contribution < -0.4 is 0 Å². The van der Waals surface area contributed by atoms with Gasteiger partial charge in [0.1, 0.15) is 24.4 Å². The van der Waals surface area contributed by atoms with Crippen molar-refractivity contribution in [3.63, 3.8) is 0 Å². The van der Waals surface area contributed by atoms with Gasteiger partial charge < -0.3 is 44.5 Å². The van der Waals surface area contributed by atoms with Gasteiger partial charge in [0.15, 0.2) is 18.5 Å². The number of ether oxygens (including phenoxy) is 4. The standard InChI is InChI=1S/C27H50O11/c1-3-4-5-6-7-8-9-10-11-12-13-14-15-23(33)38-25-24(34)22(17-29)37-27(26(25)36-19(2)30)35-18-21(32)20(31)16-28/h20-22,24-29,31-32,34H,3-18H2,1-2H3/t20-,21+,22-,24-,25+,26+,27-/m1/s1. The summed E-state index contributed by atoms with van der Waals surface area (Å²) in [5.41, 5.74) is 0. The highest BCUT2D eigenvalue weighted by atomic mass is 16.7. The van der Waals surface area contributed by atoms with Crippen LogP contribution >= 0.6 is 0 Å². The SMILES string of the molecule is CCCCCCCCCCCCCCC(=O)O[C@H]1[C@H](O)[C@@H](CO)O[C@@H](OC[C@H](O)[C@H](O)CO)[C@H]1OC(C)=O. The van der Waals surface area contributed by atoms with Crippen molar-refractivity contribution < 1.29 is 54.1 Å². The Morgan fingerprint density at radius 3 is 1.87 bits per heavy atom. The van der Waals surface area contributed by atoms with Gasteiger partial charge in [0.25, 0.3) is 0 Å². The zero-order chi connectivity index (χ0) is 28.3. The number of esters is 2. The van der Waals surface area contributed by atoms with Gasteiger partial charge >= 0.3 is 11.9 Å². The third-order valence-corrected chi connectivity index (χ3v) is 6.66. The summed E-state index contributed by atoms with van der Waals surface area (Å²) < 4.78 is 21.6. The van der Waals surface area contributed by atoms with Crippen LogP contribution in [0.4, 0.5) is 0 Å². The highest BCUT2D eigenvalue weighted by Gasteiger charge is 2.50. The first-order valence-electron chi connectivity index (χ1n) is 14.1. The van der Waals surface area contributed by atoms with Crippen molar-refractivity contribution >= 4 is 11.9 Å². The van der Waals surface area contributed by atoms with Gasteiger partial charge in [-0.1, -0.05) is 77.6 Å². The largest absolute Gasteiger partial charge is 0.455 e. The first-order chi connectivity index (χ1) is 18.2. The first-order valence-corrected chi connectivity index (χ1v) is 14.1. The molecule has 0 aromatic heterocycles. The van der Waals surface area contributed by atoms with E-state index < -0.39 is 74.7 Å². The Balaban J connectivity index is 2.51. The minimum atomic E-state index is -1.50. The molecule has 1 heterocycles. The van der Waals surface area contributed by atoms with E-state index in [1.165, 1.54) is 51.4 Å². The van der Waals surface area contributed by atoms with E-state index in [2.05, 4.69) is 6.92 Å². The molecule has 0 aromatic carbocycles. The average molecular weight is 551 g/mol. The zero-order valence-corrected chi connectivity index (χ0v) is 23.0. The summed E-state index contributed by atoms with van der Waals surface area (Å²) in [7, 11) is 0. The van der Waals surface area contributed by atoms with Crippen LogP contribution in [0.2, 0.25) is 0 Å². The highest BCUT2D eigenvalue weighted by molar-refractivity contribution is 5.70. The minimum absolute atomic E-state index is 0.116. The second-order valence-electron chi connectivity index (χ2n) is 10.0. The molecule has 0 radical (unpaired) electrons. The summed E-state index contributed by atoms with van der Waals surface area (Å²) in [6.45, 7) is 1.48. The molecule has 1 saturated heterocycles. The summed E-state index contributed by atoms with van der Waals surface area (Å²) >= 11 is 0. The molecule has 0 aromatic rings. The van der Waals surface area contributed by atoms with Crippen molar-refractivity contribution in [1.82, 2.24) is 0 Å². The van der Waals surface area contributed by atoms with Crippen molar-refractivity contribution in [1.29, 1.82) is 0 Å². The van der Waals surface area contributed by atoms with E-state index in [9.17, 15) is 30.0 Å². The maximum atomic E-state index is 12.5. The van der Waals surface area contributed by atoms with E-state index in [0.29, 0.717) is 6.42 Å². The molecular weight excluding hydrogens is 500 g/mol. The maximum Gasteiger partial charge on any atom is 0.306 e. The summed E-state index contributed by atoms with van der Waals surface area (Å²) in [5, 5.41) is 48.6. The van der Waals surface area contributed by atoms with Crippen molar-refractivity contribution in [3.8, 4) is 0 Å². The molecule has 7 atom stereocenters. The molecule has 1 aliphatic heterocycles. The molecule has 224 valence electrons. The Bertz CT molecular complexity index is 632. The molecule has 5 N–H and O–H groups in total. The quantitative estimate of drug-likeness (QED) is 0.104. The molecule has 0 saturated carbocycles. The first kappa shape index (κ1) is 34.7. The zero-order valence-electron chi connectivity index (χ0n) is 23.0. The van der Waals surface area contributed by atoms with Gasteiger partial charge in [-0.2, -0.15) is 0 Å². The fraction of sp³-hybridized carbons (Fsp3) is 0.926. The van der Waals surface area contributed by atoms with Crippen molar-refractivity contribution in [2.24, 2.45) is 0 Å². The lowest BCUT2D eigenvalue weighted by Gasteiger charge is -2.42. The topological polar surface area (TPSA) is 172 Å². The van der Waals surface area contributed by atoms with Gasteiger partial charge in [0.2, 0.25) is 0 Å². The van der Waals surface area contributed by atoms with E-state index in [1.807, 2.05) is 0 Å². The monoisotopic (exact) mass is 550 g/mol. The molecule has 38 heavy (non-hydrogen) atoms. The van der Waals surface area contributed by atoms with Crippen LogP contribution in [0.5, 0.6) is 0 Å². The second kappa shape index (κ2) is 20.5. The van der Waals surface area contributed by atoms with Crippen LogP contribution in [-0.2, 0) is 28.5 Å². The lowest BCUT2D eigenvalue weighted by molar-refractivity contribution is -0.310. The molecule has 11 heteroatoms. The summed E-state index contributed by atoms with van der Waals surface area (Å²) in [6, 6.07) is 0. The Morgan fingerprint density at radius 1 is 0.816 bits per heavy atom. The van der Waals surface area contributed by atoms with E-state index in [0.717, 1.165) is 26.2 Å². The number of carbonyl (C=O) groups is 2. The van der Waals surface area contributed by atoms with Gasteiger partial charge in [-0.25, -0.2) is 0 Å². The molecule has 0 spiro atoms. The lowest BCUT2D eigenvalue weighted by Crippen LogP contribution is -2.62. The third-order valence-electron chi connectivity index (χ3n) is 6.66. The normalized spacial score (nSPS) is 25.1. The van der Waals surface area contributed by atoms with Gasteiger partial charge in [-0.3, -0.25) is 9.59 Å². The van der Waals surface area contributed by atoms with E-state index in [4.69, 9.17) is 24.1 Å². The predicted octanol–water partition coefficient (Wildman–Crippen LogP) is 1.73. The number of carbonyl (C=O) groups excluding carboxylic acids is 2.